The maximum absolute atomic E-state index is 12.3. The summed E-state index contributed by atoms with van der Waals surface area (Å²) in [6.07, 6.45) is 3.23. The molecule has 1 aliphatic heterocycles. The molecule has 5 nitrogen and oxygen atoms in total. The summed E-state index contributed by atoms with van der Waals surface area (Å²) < 4.78 is 5.33. The Labute approximate surface area is 130 Å². The molecular formula is C17H23NO4. The van der Waals surface area contributed by atoms with E-state index in [-0.39, 0.29) is 17.9 Å². The highest BCUT2D eigenvalue weighted by molar-refractivity contribution is 5.91. The number of carbonyl (C=O) groups is 2. The summed E-state index contributed by atoms with van der Waals surface area (Å²) in [6.45, 7) is 2.33. The Balaban J connectivity index is 1.87. The molecule has 1 amide bonds. The first kappa shape index (κ1) is 16.5. The van der Waals surface area contributed by atoms with Crippen molar-refractivity contribution in [2.75, 3.05) is 26.8 Å². The van der Waals surface area contributed by atoms with Crippen molar-refractivity contribution in [3.8, 4) is 0 Å². The van der Waals surface area contributed by atoms with Crippen molar-refractivity contribution in [3.05, 3.63) is 35.4 Å². The first-order valence-corrected chi connectivity index (χ1v) is 7.71. The lowest BCUT2D eigenvalue weighted by Crippen LogP contribution is -2.31. The van der Waals surface area contributed by atoms with Gasteiger partial charge in [0.1, 0.15) is 0 Å². The second-order valence-corrected chi connectivity index (χ2v) is 5.80. The minimum Gasteiger partial charge on any atom is -0.478 e. The topological polar surface area (TPSA) is 66.8 Å². The second kappa shape index (κ2) is 7.94. The average molecular weight is 305 g/mol. The minimum absolute atomic E-state index is 0.0410. The van der Waals surface area contributed by atoms with Gasteiger partial charge in [0.05, 0.1) is 12.0 Å². The predicted octanol–water partition coefficient (Wildman–Crippen LogP) is 2.20. The van der Waals surface area contributed by atoms with Crippen LogP contribution in [0.2, 0.25) is 0 Å². The molecule has 0 saturated carbocycles. The van der Waals surface area contributed by atoms with Crippen LogP contribution in [0.5, 0.6) is 0 Å². The molecule has 1 aromatic carbocycles. The van der Waals surface area contributed by atoms with Gasteiger partial charge in [-0.1, -0.05) is 18.2 Å². The quantitative estimate of drug-likeness (QED) is 0.875. The third kappa shape index (κ3) is 4.56. The Morgan fingerprint density at radius 3 is 2.64 bits per heavy atom. The first-order valence-electron chi connectivity index (χ1n) is 7.71. The van der Waals surface area contributed by atoms with Crippen LogP contribution in [0.4, 0.5) is 0 Å². The zero-order chi connectivity index (χ0) is 15.9. The van der Waals surface area contributed by atoms with Crippen molar-refractivity contribution in [1.29, 1.82) is 0 Å². The van der Waals surface area contributed by atoms with Crippen molar-refractivity contribution in [2.45, 2.75) is 25.7 Å². The zero-order valence-electron chi connectivity index (χ0n) is 13.0. The number of hydrogen-bond acceptors (Lipinski definition) is 3. The van der Waals surface area contributed by atoms with Crippen molar-refractivity contribution in [1.82, 2.24) is 4.90 Å². The number of nitrogens with zero attached hydrogens (tertiary/aromatic N) is 1. The zero-order valence-corrected chi connectivity index (χ0v) is 13.0. The third-order valence-corrected chi connectivity index (χ3v) is 4.23. The van der Waals surface area contributed by atoms with Gasteiger partial charge in [0.25, 0.3) is 0 Å². The van der Waals surface area contributed by atoms with E-state index in [0.717, 1.165) is 32.5 Å². The Morgan fingerprint density at radius 2 is 1.95 bits per heavy atom. The van der Waals surface area contributed by atoms with Gasteiger partial charge in [0.15, 0.2) is 0 Å². The van der Waals surface area contributed by atoms with Crippen LogP contribution >= 0.6 is 0 Å². The van der Waals surface area contributed by atoms with Gasteiger partial charge in [0, 0.05) is 26.8 Å². The van der Waals surface area contributed by atoms with E-state index >= 15 is 0 Å². The van der Waals surface area contributed by atoms with Crippen LogP contribution in [-0.2, 0) is 16.0 Å². The van der Waals surface area contributed by atoms with Crippen molar-refractivity contribution < 1.29 is 19.4 Å². The van der Waals surface area contributed by atoms with Crippen LogP contribution in [0, 0.1) is 5.92 Å². The first-order chi connectivity index (χ1) is 10.6. The number of carboxylic acids is 1. The molecule has 1 saturated heterocycles. The second-order valence-electron chi connectivity index (χ2n) is 5.80. The fraction of sp³-hybridized carbons (Fsp3) is 0.529. The molecular weight excluding hydrogens is 282 g/mol. The Hall–Kier alpha value is -1.88. The molecule has 0 aromatic heterocycles. The maximum Gasteiger partial charge on any atom is 0.335 e. The summed E-state index contributed by atoms with van der Waals surface area (Å²) in [5.74, 6) is -0.413. The highest BCUT2D eigenvalue weighted by atomic mass is 16.5. The minimum atomic E-state index is -0.992. The van der Waals surface area contributed by atoms with Crippen LogP contribution in [0.15, 0.2) is 24.3 Å². The van der Waals surface area contributed by atoms with Crippen LogP contribution in [0.25, 0.3) is 0 Å². The van der Waals surface area contributed by atoms with E-state index in [1.807, 2.05) is 0 Å². The average Bonchev–Trinajstić information content (AvgIpc) is 2.53. The van der Waals surface area contributed by atoms with Gasteiger partial charge in [0.2, 0.25) is 5.91 Å². The number of rotatable bonds is 6. The van der Waals surface area contributed by atoms with E-state index in [1.54, 1.807) is 30.1 Å². The molecule has 1 N–H and O–H groups in total. The summed E-state index contributed by atoms with van der Waals surface area (Å²) in [5, 5.41) is 9.15. The molecule has 1 aromatic rings. The van der Waals surface area contributed by atoms with E-state index < -0.39 is 5.97 Å². The molecule has 22 heavy (non-hydrogen) atoms. The Bertz CT molecular complexity index is 523. The molecule has 1 fully saturated rings. The summed E-state index contributed by atoms with van der Waals surface area (Å²) in [5.41, 5.74) is 0.770. The SMILES string of the molecule is CN(CCC1CCOCC1)C(=O)Cc1ccccc1C(=O)O. The molecule has 0 spiro atoms. The van der Waals surface area contributed by atoms with Gasteiger partial charge in [-0.05, 0) is 36.8 Å². The number of carbonyl (C=O) groups excluding carboxylic acids is 1. The maximum atomic E-state index is 12.3. The third-order valence-electron chi connectivity index (χ3n) is 4.23. The van der Waals surface area contributed by atoms with Crippen molar-refractivity contribution in [2.24, 2.45) is 5.92 Å². The van der Waals surface area contributed by atoms with E-state index in [0.29, 0.717) is 18.0 Å². The molecule has 0 aliphatic carbocycles. The fourth-order valence-corrected chi connectivity index (χ4v) is 2.72. The summed E-state index contributed by atoms with van der Waals surface area (Å²) in [7, 11) is 1.78. The van der Waals surface area contributed by atoms with Gasteiger partial charge in [-0.3, -0.25) is 4.79 Å². The highest BCUT2D eigenvalue weighted by Crippen LogP contribution is 2.19. The molecule has 1 heterocycles. The van der Waals surface area contributed by atoms with E-state index in [9.17, 15) is 9.59 Å². The monoisotopic (exact) mass is 305 g/mol. The van der Waals surface area contributed by atoms with E-state index in [2.05, 4.69) is 0 Å². The van der Waals surface area contributed by atoms with Crippen molar-refractivity contribution in [3.63, 3.8) is 0 Å². The lowest BCUT2D eigenvalue weighted by molar-refractivity contribution is -0.129. The van der Waals surface area contributed by atoms with E-state index in [4.69, 9.17) is 9.84 Å². The summed E-state index contributed by atoms with van der Waals surface area (Å²) in [4.78, 5) is 25.1. The standard InChI is InChI=1S/C17H23NO4/c1-18(9-6-13-7-10-22-11-8-13)16(19)12-14-4-2-3-5-15(14)17(20)21/h2-5,13H,6-12H2,1H3,(H,20,21). The number of carboxylic acid groups (broad SMARTS) is 1. The molecule has 5 heteroatoms. The van der Waals surface area contributed by atoms with Gasteiger partial charge < -0.3 is 14.7 Å². The van der Waals surface area contributed by atoms with Crippen LogP contribution in [-0.4, -0.2) is 48.7 Å². The molecule has 120 valence electrons. The Morgan fingerprint density at radius 1 is 1.27 bits per heavy atom. The summed E-state index contributed by atoms with van der Waals surface area (Å²) >= 11 is 0. The number of aromatic carboxylic acids is 1. The number of ether oxygens (including phenoxy) is 1. The lowest BCUT2D eigenvalue weighted by Gasteiger charge is -2.25. The predicted molar refractivity (Wildman–Crippen MR) is 82.9 cm³/mol. The Kier molecular flexibility index (Phi) is 5.95. The highest BCUT2D eigenvalue weighted by Gasteiger charge is 2.18. The number of hydrogen-bond donors (Lipinski definition) is 1. The van der Waals surface area contributed by atoms with Gasteiger partial charge >= 0.3 is 5.97 Å². The molecule has 2 rings (SSSR count). The molecule has 0 atom stereocenters. The van der Waals surface area contributed by atoms with Crippen LogP contribution in [0.3, 0.4) is 0 Å². The molecule has 0 bridgehead atoms. The van der Waals surface area contributed by atoms with Gasteiger partial charge in [-0.25, -0.2) is 4.79 Å². The molecule has 0 radical (unpaired) electrons. The van der Waals surface area contributed by atoms with Crippen LogP contribution in [0.1, 0.15) is 35.2 Å². The largest absolute Gasteiger partial charge is 0.478 e. The van der Waals surface area contributed by atoms with E-state index in [1.165, 1.54) is 6.07 Å². The fourth-order valence-electron chi connectivity index (χ4n) is 2.72. The van der Waals surface area contributed by atoms with Crippen molar-refractivity contribution >= 4 is 11.9 Å². The summed E-state index contributed by atoms with van der Waals surface area (Å²) in [6, 6.07) is 6.67. The molecule has 1 aliphatic rings. The number of likely N-dealkylation sites (N-methyl/N-ethyl adjacent to an activating group) is 1. The number of benzene rings is 1. The molecule has 0 unspecified atom stereocenters. The van der Waals surface area contributed by atoms with Gasteiger partial charge in [-0.15, -0.1) is 0 Å². The van der Waals surface area contributed by atoms with Gasteiger partial charge in [-0.2, -0.15) is 0 Å². The smallest absolute Gasteiger partial charge is 0.335 e. The normalized spacial score (nSPS) is 15.5. The van der Waals surface area contributed by atoms with Crippen LogP contribution < -0.4 is 0 Å². The number of amides is 1. The lowest BCUT2D eigenvalue weighted by atomic mass is 9.96.